The summed E-state index contributed by atoms with van der Waals surface area (Å²) >= 11 is 0. The van der Waals surface area contributed by atoms with Crippen LogP contribution in [0.25, 0.3) is 0 Å². The molecular weight excluding hydrogens is 264 g/mol. The molecule has 0 bridgehead atoms. The van der Waals surface area contributed by atoms with E-state index in [2.05, 4.69) is 18.8 Å². The summed E-state index contributed by atoms with van der Waals surface area (Å²) in [6.45, 7) is 15.4. The fourth-order valence-corrected chi connectivity index (χ4v) is 3.09. The van der Waals surface area contributed by atoms with Crippen LogP contribution in [0.15, 0.2) is 12.7 Å². The molecule has 1 rings (SSSR count). The average molecular weight is 293 g/mol. The van der Waals surface area contributed by atoms with Crippen molar-refractivity contribution in [2.24, 2.45) is 11.8 Å². The van der Waals surface area contributed by atoms with E-state index in [1.54, 1.807) is 11.9 Å². The number of hydrogen-bond acceptors (Lipinski definition) is 2. The van der Waals surface area contributed by atoms with E-state index in [0.717, 1.165) is 12.8 Å². The molecule has 1 fully saturated rings. The molecule has 1 radical (unpaired) electrons. The van der Waals surface area contributed by atoms with Crippen LogP contribution in [-0.4, -0.2) is 34.8 Å². The van der Waals surface area contributed by atoms with Gasteiger partial charge in [0.05, 0.1) is 0 Å². The lowest BCUT2D eigenvalue weighted by Crippen LogP contribution is -2.66. The Kier molecular flexibility index (Phi) is 5.24. The first-order valence-corrected chi connectivity index (χ1v) is 7.57. The minimum absolute atomic E-state index is 0.112. The number of likely N-dealkylation sites (N-methyl/N-ethyl adjacent to an activating group) is 1. The molecule has 1 aliphatic carbocycles. The highest BCUT2D eigenvalue weighted by Crippen LogP contribution is 2.41. The third-order valence-electron chi connectivity index (χ3n) is 4.42. The Hall–Kier alpha value is -1.32. The number of carbonyl (C=O) groups is 2. The van der Waals surface area contributed by atoms with E-state index in [1.165, 1.54) is 6.92 Å². The molecule has 0 aromatic carbocycles. The van der Waals surface area contributed by atoms with Gasteiger partial charge in [-0.2, -0.15) is 0 Å². The average Bonchev–Trinajstić information content (AvgIpc) is 2.36. The van der Waals surface area contributed by atoms with Gasteiger partial charge in [-0.25, -0.2) is 0 Å². The molecule has 0 aromatic rings. The molecule has 1 saturated carbocycles. The lowest BCUT2D eigenvalue weighted by Gasteiger charge is -2.49. The second kappa shape index (κ2) is 6.20. The minimum Gasteiger partial charge on any atom is -0.349 e. The molecule has 4 nitrogen and oxygen atoms in total. The quantitative estimate of drug-likeness (QED) is 0.813. The molecule has 0 aromatic heterocycles. The highest BCUT2D eigenvalue weighted by atomic mass is 16.2. The smallest absolute Gasteiger partial charge is 0.246 e. The van der Waals surface area contributed by atoms with Crippen LogP contribution in [0, 0.1) is 18.8 Å². The number of rotatable bonds is 3. The van der Waals surface area contributed by atoms with E-state index in [-0.39, 0.29) is 29.2 Å². The fraction of sp³-hybridized carbons (Fsp3) is 0.706. The Morgan fingerprint density at radius 1 is 1.33 bits per heavy atom. The Morgan fingerprint density at radius 3 is 2.33 bits per heavy atom. The van der Waals surface area contributed by atoms with Gasteiger partial charge in [0.25, 0.3) is 0 Å². The second-order valence-corrected chi connectivity index (χ2v) is 7.18. The molecular formula is C17H29N2O2. The molecule has 0 saturated heterocycles. The summed E-state index contributed by atoms with van der Waals surface area (Å²) in [7, 11) is 1.70. The molecule has 1 N–H and O–H groups in total. The van der Waals surface area contributed by atoms with Crippen molar-refractivity contribution in [1.29, 1.82) is 0 Å². The van der Waals surface area contributed by atoms with Gasteiger partial charge in [-0.15, -0.1) is 6.58 Å². The van der Waals surface area contributed by atoms with E-state index >= 15 is 0 Å². The van der Waals surface area contributed by atoms with Gasteiger partial charge in [-0.3, -0.25) is 9.59 Å². The zero-order valence-corrected chi connectivity index (χ0v) is 14.0. The number of nitrogens with zero attached hydrogens (tertiary/aromatic N) is 1. The number of amides is 2. The first-order chi connectivity index (χ1) is 9.54. The number of hydrogen-bond donors (Lipinski definition) is 1. The molecule has 4 heteroatoms. The predicted molar refractivity (Wildman–Crippen MR) is 85.5 cm³/mol. The van der Waals surface area contributed by atoms with Crippen LogP contribution in [0.5, 0.6) is 0 Å². The highest BCUT2D eigenvalue weighted by Gasteiger charge is 2.51. The maximum atomic E-state index is 13.0. The van der Waals surface area contributed by atoms with Crippen molar-refractivity contribution in [2.75, 3.05) is 7.05 Å². The number of carbonyl (C=O) groups excluding carboxylic acids is 2. The van der Waals surface area contributed by atoms with Crippen LogP contribution in [0.3, 0.4) is 0 Å². The highest BCUT2D eigenvalue weighted by molar-refractivity contribution is 5.92. The van der Waals surface area contributed by atoms with Crippen molar-refractivity contribution < 1.29 is 9.59 Å². The van der Waals surface area contributed by atoms with Crippen molar-refractivity contribution >= 4 is 11.8 Å². The van der Waals surface area contributed by atoms with Crippen LogP contribution < -0.4 is 5.32 Å². The standard InChI is InChI=1S/C17H29N2O2/c1-8-14-10-9-12(2)17(11-14,19(7)13(3)20)15(21)18-16(4,5)6/h8,12,14H,1-2,9-11H2,3-7H3,(H,18,21)/t12?,14-,17?/m1/s1. The zero-order chi connectivity index (χ0) is 16.4. The van der Waals surface area contributed by atoms with Crippen LogP contribution in [0.2, 0.25) is 0 Å². The van der Waals surface area contributed by atoms with Gasteiger partial charge in [0, 0.05) is 19.5 Å². The van der Waals surface area contributed by atoms with Crippen molar-refractivity contribution in [3.8, 4) is 0 Å². The van der Waals surface area contributed by atoms with Crippen molar-refractivity contribution in [3.05, 3.63) is 19.6 Å². The van der Waals surface area contributed by atoms with Crippen molar-refractivity contribution in [2.45, 2.75) is 58.0 Å². The van der Waals surface area contributed by atoms with E-state index < -0.39 is 5.54 Å². The summed E-state index contributed by atoms with van der Waals surface area (Å²) in [5.41, 5.74) is -1.24. The van der Waals surface area contributed by atoms with Crippen LogP contribution >= 0.6 is 0 Å². The van der Waals surface area contributed by atoms with E-state index in [4.69, 9.17) is 0 Å². The maximum Gasteiger partial charge on any atom is 0.246 e. The molecule has 0 spiro atoms. The normalized spacial score (nSPS) is 29.6. The van der Waals surface area contributed by atoms with Gasteiger partial charge < -0.3 is 10.2 Å². The Morgan fingerprint density at radius 2 is 1.90 bits per heavy atom. The topological polar surface area (TPSA) is 49.4 Å². The van der Waals surface area contributed by atoms with Gasteiger partial charge in [0.2, 0.25) is 11.8 Å². The molecule has 0 aliphatic heterocycles. The van der Waals surface area contributed by atoms with Crippen molar-refractivity contribution in [1.82, 2.24) is 10.2 Å². The number of allylic oxidation sites excluding steroid dienone is 1. The third kappa shape index (κ3) is 3.66. The van der Waals surface area contributed by atoms with Crippen LogP contribution in [0.4, 0.5) is 0 Å². The van der Waals surface area contributed by atoms with Crippen LogP contribution in [0.1, 0.15) is 47.0 Å². The lowest BCUT2D eigenvalue weighted by molar-refractivity contribution is -0.151. The van der Waals surface area contributed by atoms with Crippen molar-refractivity contribution in [3.63, 3.8) is 0 Å². The molecule has 0 heterocycles. The molecule has 3 atom stereocenters. The van der Waals surface area contributed by atoms with Gasteiger partial charge in [-0.1, -0.05) is 6.08 Å². The van der Waals surface area contributed by atoms with E-state index in [1.807, 2.05) is 26.8 Å². The van der Waals surface area contributed by atoms with E-state index in [9.17, 15) is 9.59 Å². The summed E-state index contributed by atoms with van der Waals surface area (Å²) in [5.74, 6) is -0.114. The Labute approximate surface area is 129 Å². The molecule has 2 amide bonds. The third-order valence-corrected chi connectivity index (χ3v) is 4.42. The summed E-state index contributed by atoms with van der Waals surface area (Å²) in [6, 6.07) is 0. The SMILES string of the molecule is [CH2]C1CC[C@@H](C=C)CC1(C(=O)NC(C)(C)C)N(C)C(C)=O. The first-order valence-electron chi connectivity index (χ1n) is 7.57. The van der Waals surface area contributed by atoms with Gasteiger partial charge >= 0.3 is 0 Å². The summed E-state index contributed by atoms with van der Waals surface area (Å²) in [5, 5.41) is 3.03. The molecule has 119 valence electrons. The van der Waals surface area contributed by atoms with Gasteiger partial charge in [0.15, 0.2) is 0 Å². The van der Waals surface area contributed by atoms with Gasteiger partial charge in [0.1, 0.15) is 5.54 Å². The summed E-state index contributed by atoms with van der Waals surface area (Å²) < 4.78 is 0. The molecule has 2 unspecified atom stereocenters. The summed E-state index contributed by atoms with van der Waals surface area (Å²) in [4.78, 5) is 26.5. The van der Waals surface area contributed by atoms with E-state index in [0.29, 0.717) is 6.42 Å². The fourth-order valence-electron chi connectivity index (χ4n) is 3.09. The van der Waals surface area contributed by atoms with Crippen LogP contribution in [-0.2, 0) is 9.59 Å². The zero-order valence-electron chi connectivity index (χ0n) is 14.0. The lowest BCUT2D eigenvalue weighted by atomic mass is 9.67. The maximum absolute atomic E-state index is 13.0. The molecule has 1 aliphatic rings. The summed E-state index contributed by atoms with van der Waals surface area (Å²) in [6.07, 6.45) is 4.25. The molecule has 21 heavy (non-hydrogen) atoms. The predicted octanol–water partition coefficient (Wildman–Crippen LogP) is 2.55. The first kappa shape index (κ1) is 17.7. The largest absolute Gasteiger partial charge is 0.349 e. The van der Waals surface area contributed by atoms with Gasteiger partial charge in [-0.05, 0) is 58.8 Å². The monoisotopic (exact) mass is 293 g/mol. The minimum atomic E-state index is -0.893. The second-order valence-electron chi connectivity index (χ2n) is 7.18. The Bertz CT molecular complexity index is 425. The Balaban J connectivity index is 3.24. The number of nitrogens with one attached hydrogen (secondary N) is 1.